The summed E-state index contributed by atoms with van der Waals surface area (Å²) in [6, 6.07) is 0. The highest BCUT2D eigenvalue weighted by Gasteiger charge is 2.61. The first-order valence-electron chi connectivity index (χ1n) is 6.97. The van der Waals surface area contributed by atoms with Crippen molar-refractivity contribution in [2.45, 2.75) is 51.9 Å². The number of hydrogen-bond acceptors (Lipinski definition) is 5. The standard InChI is InChI=1S/C14H20O5/c1-4-14(2,3)13(16)19-9-5-8-10-7(11(9)18-8)6-17-12(10)15/h7-11H,4-6H2,1-3H3. The summed E-state index contributed by atoms with van der Waals surface area (Å²) in [5, 5.41) is 0. The Bertz CT molecular complexity index is 416. The lowest BCUT2D eigenvalue weighted by Crippen LogP contribution is -2.41. The largest absolute Gasteiger partial charge is 0.465 e. The normalized spacial score (nSPS) is 40.2. The van der Waals surface area contributed by atoms with Gasteiger partial charge in [-0.25, -0.2) is 0 Å². The van der Waals surface area contributed by atoms with Crippen LogP contribution in [0, 0.1) is 17.3 Å². The van der Waals surface area contributed by atoms with Crippen LogP contribution >= 0.6 is 0 Å². The summed E-state index contributed by atoms with van der Waals surface area (Å²) in [6.07, 6.45) is 0.831. The summed E-state index contributed by atoms with van der Waals surface area (Å²) in [4.78, 5) is 23.7. The van der Waals surface area contributed by atoms with E-state index in [1.807, 2.05) is 20.8 Å². The zero-order valence-electron chi connectivity index (χ0n) is 11.5. The van der Waals surface area contributed by atoms with Crippen LogP contribution in [0.4, 0.5) is 0 Å². The summed E-state index contributed by atoms with van der Waals surface area (Å²) in [7, 11) is 0. The average Bonchev–Trinajstić information content (AvgIpc) is 3.02. The Morgan fingerprint density at radius 2 is 2.21 bits per heavy atom. The maximum Gasteiger partial charge on any atom is 0.312 e. The summed E-state index contributed by atoms with van der Waals surface area (Å²) in [5.41, 5.74) is -0.469. The van der Waals surface area contributed by atoms with Crippen molar-refractivity contribution in [2.24, 2.45) is 17.3 Å². The highest BCUT2D eigenvalue weighted by atomic mass is 16.6. The van der Waals surface area contributed by atoms with Gasteiger partial charge in [-0.05, 0) is 20.3 Å². The second-order valence-electron chi connectivity index (χ2n) is 6.38. The van der Waals surface area contributed by atoms with E-state index in [1.54, 1.807) is 0 Å². The van der Waals surface area contributed by atoms with E-state index in [2.05, 4.69) is 0 Å². The van der Waals surface area contributed by atoms with Crippen molar-refractivity contribution in [3.8, 4) is 0 Å². The lowest BCUT2D eigenvalue weighted by molar-refractivity contribution is -0.163. The number of carbonyl (C=O) groups excluding carboxylic acids is 2. The van der Waals surface area contributed by atoms with Gasteiger partial charge < -0.3 is 14.2 Å². The molecule has 0 spiro atoms. The van der Waals surface area contributed by atoms with Gasteiger partial charge in [-0.2, -0.15) is 0 Å². The monoisotopic (exact) mass is 268 g/mol. The van der Waals surface area contributed by atoms with Gasteiger partial charge in [0, 0.05) is 12.3 Å². The highest BCUT2D eigenvalue weighted by molar-refractivity contribution is 5.77. The van der Waals surface area contributed by atoms with Gasteiger partial charge in [0.2, 0.25) is 0 Å². The molecule has 0 radical (unpaired) electrons. The van der Waals surface area contributed by atoms with E-state index in [1.165, 1.54) is 0 Å². The molecule has 5 nitrogen and oxygen atoms in total. The van der Waals surface area contributed by atoms with Crippen molar-refractivity contribution in [1.82, 2.24) is 0 Å². The summed E-state index contributed by atoms with van der Waals surface area (Å²) in [5.74, 6) is -0.415. The Balaban J connectivity index is 1.67. The van der Waals surface area contributed by atoms with E-state index >= 15 is 0 Å². The molecule has 0 saturated carbocycles. The fourth-order valence-electron chi connectivity index (χ4n) is 3.15. The molecule has 0 aromatic rings. The van der Waals surface area contributed by atoms with E-state index in [0.29, 0.717) is 13.0 Å². The maximum absolute atomic E-state index is 12.1. The molecule has 3 rings (SSSR count). The Labute approximate surface area is 112 Å². The van der Waals surface area contributed by atoms with Gasteiger partial charge in [0.15, 0.2) is 0 Å². The number of ether oxygens (including phenoxy) is 3. The third-order valence-electron chi connectivity index (χ3n) is 4.83. The topological polar surface area (TPSA) is 61.8 Å². The minimum Gasteiger partial charge on any atom is -0.465 e. The van der Waals surface area contributed by atoms with Crippen molar-refractivity contribution in [2.75, 3.05) is 6.61 Å². The van der Waals surface area contributed by atoms with E-state index in [4.69, 9.17) is 14.2 Å². The minimum absolute atomic E-state index is 0.0637. The van der Waals surface area contributed by atoms with E-state index in [9.17, 15) is 9.59 Å². The molecule has 5 atom stereocenters. The predicted molar refractivity (Wildman–Crippen MR) is 65.2 cm³/mol. The smallest absolute Gasteiger partial charge is 0.312 e. The molecule has 0 N–H and O–H groups in total. The molecule has 0 aromatic carbocycles. The van der Waals surface area contributed by atoms with Crippen molar-refractivity contribution in [3.63, 3.8) is 0 Å². The quantitative estimate of drug-likeness (QED) is 0.722. The van der Waals surface area contributed by atoms with E-state index in [0.717, 1.165) is 6.42 Å². The van der Waals surface area contributed by atoms with Gasteiger partial charge in [0.1, 0.15) is 12.2 Å². The first-order chi connectivity index (χ1) is 8.94. The highest BCUT2D eigenvalue weighted by Crippen LogP contribution is 2.48. The molecule has 5 unspecified atom stereocenters. The molecule has 3 aliphatic heterocycles. The fourth-order valence-corrected chi connectivity index (χ4v) is 3.15. The molecule has 3 aliphatic rings. The van der Waals surface area contributed by atoms with Gasteiger partial charge in [0.05, 0.1) is 24.0 Å². The summed E-state index contributed by atoms with van der Waals surface area (Å²) >= 11 is 0. The Hall–Kier alpha value is -1.10. The molecule has 106 valence electrons. The van der Waals surface area contributed by atoms with Crippen LogP contribution in [0.5, 0.6) is 0 Å². The lowest BCUT2D eigenvalue weighted by atomic mass is 9.79. The van der Waals surface area contributed by atoms with Crippen LogP contribution in [0.3, 0.4) is 0 Å². The molecular formula is C14H20O5. The van der Waals surface area contributed by atoms with Crippen molar-refractivity contribution < 1.29 is 23.8 Å². The van der Waals surface area contributed by atoms with Gasteiger partial charge in [0.25, 0.3) is 0 Å². The second kappa shape index (κ2) is 4.20. The maximum atomic E-state index is 12.1. The zero-order valence-corrected chi connectivity index (χ0v) is 11.5. The Morgan fingerprint density at radius 3 is 2.89 bits per heavy atom. The SMILES string of the molecule is CCC(C)(C)C(=O)OC1CC2OC1C1COC(=O)C21. The Kier molecular flexibility index (Phi) is 2.85. The first-order valence-corrected chi connectivity index (χ1v) is 6.97. The molecule has 2 bridgehead atoms. The zero-order chi connectivity index (χ0) is 13.8. The van der Waals surface area contributed by atoms with Gasteiger partial charge in [-0.3, -0.25) is 9.59 Å². The van der Waals surface area contributed by atoms with Gasteiger partial charge >= 0.3 is 11.9 Å². The molecule has 0 aliphatic carbocycles. The van der Waals surface area contributed by atoms with Crippen LogP contribution in [0.15, 0.2) is 0 Å². The Morgan fingerprint density at radius 1 is 1.47 bits per heavy atom. The second-order valence-corrected chi connectivity index (χ2v) is 6.38. The number of cyclic esters (lactones) is 1. The molecule has 3 fully saturated rings. The van der Waals surface area contributed by atoms with Crippen LogP contribution in [-0.2, 0) is 23.8 Å². The number of fused-ring (bicyclic) bond motifs is 5. The van der Waals surface area contributed by atoms with Crippen molar-refractivity contribution in [3.05, 3.63) is 0 Å². The van der Waals surface area contributed by atoms with Crippen LogP contribution in [0.2, 0.25) is 0 Å². The van der Waals surface area contributed by atoms with Crippen LogP contribution < -0.4 is 0 Å². The van der Waals surface area contributed by atoms with E-state index < -0.39 is 5.41 Å². The molecular weight excluding hydrogens is 248 g/mol. The van der Waals surface area contributed by atoms with Crippen LogP contribution in [-0.4, -0.2) is 36.9 Å². The summed E-state index contributed by atoms with van der Waals surface area (Å²) < 4.78 is 16.5. The molecule has 19 heavy (non-hydrogen) atoms. The first kappa shape index (κ1) is 12.9. The summed E-state index contributed by atoms with van der Waals surface area (Å²) in [6.45, 7) is 6.14. The van der Waals surface area contributed by atoms with Crippen molar-refractivity contribution in [1.29, 1.82) is 0 Å². The lowest BCUT2D eigenvalue weighted by Gasteiger charge is -2.29. The van der Waals surface area contributed by atoms with Crippen LogP contribution in [0.1, 0.15) is 33.6 Å². The third kappa shape index (κ3) is 1.86. The van der Waals surface area contributed by atoms with Gasteiger partial charge in [-0.1, -0.05) is 6.92 Å². The molecule has 3 heterocycles. The fraction of sp³-hybridized carbons (Fsp3) is 0.857. The third-order valence-corrected chi connectivity index (χ3v) is 4.83. The van der Waals surface area contributed by atoms with Crippen molar-refractivity contribution >= 4 is 11.9 Å². The van der Waals surface area contributed by atoms with E-state index in [-0.39, 0.29) is 42.1 Å². The number of hydrogen-bond donors (Lipinski definition) is 0. The number of rotatable bonds is 3. The minimum atomic E-state index is -0.469. The molecule has 0 amide bonds. The molecule has 5 heteroatoms. The molecule has 0 aromatic heterocycles. The average molecular weight is 268 g/mol. The number of esters is 2. The predicted octanol–water partition coefficient (Wildman–Crippen LogP) is 1.29. The number of carbonyl (C=O) groups is 2. The van der Waals surface area contributed by atoms with Crippen LogP contribution in [0.25, 0.3) is 0 Å². The molecule has 3 saturated heterocycles. The van der Waals surface area contributed by atoms with Gasteiger partial charge in [-0.15, -0.1) is 0 Å².